The van der Waals surface area contributed by atoms with E-state index < -0.39 is 0 Å². The third-order valence-electron chi connectivity index (χ3n) is 5.75. The van der Waals surface area contributed by atoms with E-state index in [-0.39, 0.29) is 30.0 Å². The van der Waals surface area contributed by atoms with Crippen LogP contribution in [-0.2, 0) is 5.41 Å². The van der Waals surface area contributed by atoms with Crippen molar-refractivity contribution >= 4 is 6.03 Å². The van der Waals surface area contributed by atoms with Gasteiger partial charge in [-0.3, -0.25) is 4.98 Å². The maximum atomic E-state index is 12.3. The minimum Gasteiger partial charge on any atom is -0.396 e. The number of hydrogen-bond donors (Lipinski definition) is 3. The van der Waals surface area contributed by atoms with Gasteiger partial charge in [0.25, 0.3) is 0 Å². The van der Waals surface area contributed by atoms with Gasteiger partial charge in [0.1, 0.15) is 0 Å². The summed E-state index contributed by atoms with van der Waals surface area (Å²) in [6.45, 7) is 4.95. The normalized spacial score (nSPS) is 29.5. The van der Waals surface area contributed by atoms with Gasteiger partial charge in [0, 0.05) is 42.9 Å². The minimum absolute atomic E-state index is 0.122. The fourth-order valence-electron chi connectivity index (χ4n) is 4.31. The molecule has 2 aliphatic carbocycles. The highest BCUT2D eigenvalue weighted by Crippen LogP contribution is 2.48. The van der Waals surface area contributed by atoms with E-state index in [1.54, 1.807) is 12.4 Å². The zero-order chi connectivity index (χ0) is 16.4. The second-order valence-electron chi connectivity index (χ2n) is 7.65. The number of amides is 2. The van der Waals surface area contributed by atoms with Crippen LogP contribution in [-0.4, -0.2) is 35.3 Å². The van der Waals surface area contributed by atoms with Crippen LogP contribution < -0.4 is 10.6 Å². The molecule has 2 fully saturated rings. The van der Waals surface area contributed by atoms with Crippen molar-refractivity contribution in [2.45, 2.75) is 44.6 Å². The summed E-state index contributed by atoms with van der Waals surface area (Å²) < 4.78 is 0. The van der Waals surface area contributed by atoms with Crippen LogP contribution in [0, 0.1) is 17.8 Å². The van der Waals surface area contributed by atoms with E-state index >= 15 is 0 Å². The molecule has 2 aliphatic rings. The van der Waals surface area contributed by atoms with Crippen molar-refractivity contribution in [2.75, 3.05) is 13.2 Å². The first-order valence-corrected chi connectivity index (χ1v) is 8.57. The largest absolute Gasteiger partial charge is 0.396 e. The van der Waals surface area contributed by atoms with Crippen LogP contribution in [0.2, 0.25) is 0 Å². The summed E-state index contributed by atoms with van der Waals surface area (Å²) in [4.78, 5) is 16.3. The average Bonchev–Trinajstić information content (AvgIpc) is 3.15. The lowest BCUT2D eigenvalue weighted by atomic mass is 9.84. The van der Waals surface area contributed by atoms with Crippen molar-refractivity contribution in [3.8, 4) is 0 Å². The maximum Gasteiger partial charge on any atom is 0.315 e. The molecular weight excluding hydrogens is 290 g/mol. The Morgan fingerprint density at radius 3 is 2.70 bits per heavy atom. The van der Waals surface area contributed by atoms with Crippen LogP contribution in [0.4, 0.5) is 4.79 Å². The van der Waals surface area contributed by atoms with Crippen LogP contribution >= 0.6 is 0 Å². The molecule has 23 heavy (non-hydrogen) atoms. The SMILES string of the molecule is CC(C)(CNC(=O)NC1C2CCC(C2)C1CO)c1ccncc1. The van der Waals surface area contributed by atoms with Crippen LogP contribution in [0.3, 0.4) is 0 Å². The predicted octanol–water partition coefficient (Wildman–Crippen LogP) is 2.07. The van der Waals surface area contributed by atoms with E-state index in [1.807, 2.05) is 12.1 Å². The third-order valence-corrected chi connectivity index (χ3v) is 5.75. The van der Waals surface area contributed by atoms with Crippen molar-refractivity contribution in [3.05, 3.63) is 30.1 Å². The molecule has 0 spiro atoms. The Bertz CT molecular complexity index is 546. The molecular formula is C18H27N3O2. The summed E-state index contributed by atoms with van der Waals surface area (Å²) in [5.74, 6) is 1.35. The van der Waals surface area contributed by atoms with E-state index in [2.05, 4.69) is 29.5 Å². The second-order valence-corrected chi connectivity index (χ2v) is 7.65. The van der Waals surface area contributed by atoms with Gasteiger partial charge in [-0.1, -0.05) is 13.8 Å². The summed E-state index contributed by atoms with van der Waals surface area (Å²) >= 11 is 0. The van der Waals surface area contributed by atoms with E-state index in [9.17, 15) is 9.90 Å². The first-order valence-electron chi connectivity index (χ1n) is 8.57. The van der Waals surface area contributed by atoms with Crippen molar-refractivity contribution in [1.82, 2.24) is 15.6 Å². The molecule has 3 rings (SSSR count). The van der Waals surface area contributed by atoms with Gasteiger partial charge in [0.05, 0.1) is 0 Å². The molecule has 0 aliphatic heterocycles. The maximum absolute atomic E-state index is 12.3. The number of rotatable bonds is 5. The summed E-state index contributed by atoms with van der Waals surface area (Å²) in [5.41, 5.74) is 1.01. The zero-order valence-electron chi connectivity index (χ0n) is 14.0. The minimum atomic E-state index is -0.147. The summed E-state index contributed by atoms with van der Waals surface area (Å²) in [7, 11) is 0. The molecule has 2 saturated carbocycles. The quantitative estimate of drug-likeness (QED) is 0.778. The molecule has 0 saturated heterocycles. The zero-order valence-corrected chi connectivity index (χ0v) is 14.0. The Balaban J connectivity index is 1.54. The van der Waals surface area contributed by atoms with Crippen LogP contribution in [0.15, 0.2) is 24.5 Å². The average molecular weight is 317 g/mol. The Labute approximate surface area is 137 Å². The topological polar surface area (TPSA) is 74.2 Å². The number of fused-ring (bicyclic) bond motifs is 2. The fourth-order valence-corrected chi connectivity index (χ4v) is 4.31. The van der Waals surface area contributed by atoms with E-state index in [4.69, 9.17) is 0 Å². The van der Waals surface area contributed by atoms with E-state index in [0.29, 0.717) is 18.4 Å². The molecule has 1 aromatic heterocycles. The molecule has 5 heteroatoms. The second kappa shape index (κ2) is 6.48. The van der Waals surface area contributed by atoms with Gasteiger partial charge < -0.3 is 15.7 Å². The highest BCUT2D eigenvalue weighted by molar-refractivity contribution is 5.74. The van der Waals surface area contributed by atoms with Crippen molar-refractivity contribution in [2.24, 2.45) is 17.8 Å². The fraction of sp³-hybridized carbons (Fsp3) is 0.667. The van der Waals surface area contributed by atoms with Gasteiger partial charge in [-0.15, -0.1) is 0 Å². The molecule has 4 unspecified atom stereocenters. The molecule has 2 bridgehead atoms. The Kier molecular flexibility index (Phi) is 4.57. The predicted molar refractivity (Wildman–Crippen MR) is 89.0 cm³/mol. The summed E-state index contributed by atoms with van der Waals surface area (Å²) in [5, 5.41) is 15.7. The van der Waals surface area contributed by atoms with E-state index in [0.717, 1.165) is 12.0 Å². The molecule has 0 aromatic carbocycles. The lowest BCUT2D eigenvalue weighted by molar-refractivity contribution is 0.144. The Morgan fingerprint density at radius 2 is 2.00 bits per heavy atom. The first-order chi connectivity index (χ1) is 11.0. The van der Waals surface area contributed by atoms with Crippen molar-refractivity contribution in [1.29, 1.82) is 0 Å². The number of aromatic nitrogens is 1. The highest BCUT2D eigenvalue weighted by Gasteiger charge is 2.47. The molecule has 126 valence electrons. The number of aliphatic hydroxyl groups is 1. The highest BCUT2D eigenvalue weighted by atomic mass is 16.3. The van der Waals surface area contributed by atoms with Gasteiger partial charge >= 0.3 is 6.03 Å². The van der Waals surface area contributed by atoms with E-state index in [1.165, 1.54) is 12.8 Å². The number of hydrogen-bond acceptors (Lipinski definition) is 3. The summed E-state index contributed by atoms with van der Waals surface area (Å²) in [6, 6.07) is 3.97. The van der Waals surface area contributed by atoms with Crippen molar-refractivity contribution in [3.63, 3.8) is 0 Å². The monoisotopic (exact) mass is 317 g/mol. The molecule has 0 radical (unpaired) electrons. The molecule has 1 heterocycles. The number of aliphatic hydroxyl groups excluding tert-OH is 1. The van der Waals surface area contributed by atoms with Crippen LogP contribution in [0.5, 0.6) is 0 Å². The number of pyridine rings is 1. The molecule has 2 amide bonds. The van der Waals surface area contributed by atoms with Gasteiger partial charge in [-0.25, -0.2) is 4.79 Å². The number of carbonyl (C=O) groups excluding carboxylic acids is 1. The van der Waals surface area contributed by atoms with Gasteiger partial charge in [-0.05, 0) is 48.8 Å². The number of nitrogens with one attached hydrogen (secondary N) is 2. The number of nitrogens with zero attached hydrogens (tertiary/aromatic N) is 1. The molecule has 4 atom stereocenters. The number of carbonyl (C=O) groups is 1. The molecule has 1 aromatic rings. The smallest absolute Gasteiger partial charge is 0.315 e. The Morgan fingerprint density at radius 1 is 1.30 bits per heavy atom. The van der Waals surface area contributed by atoms with Crippen molar-refractivity contribution < 1.29 is 9.90 Å². The third kappa shape index (κ3) is 3.34. The lowest BCUT2D eigenvalue weighted by Crippen LogP contribution is -2.50. The van der Waals surface area contributed by atoms with Gasteiger partial charge in [0.2, 0.25) is 0 Å². The lowest BCUT2D eigenvalue weighted by Gasteiger charge is -2.31. The first kappa shape index (κ1) is 16.2. The van der Waals surface area contributed by atoms with Crippen LogP contribution in [0.1, 0.15) is 38.7 Å². The summed E-state index contributed by atoms with van der Waals surface area (Å²) in [6.07, 6.45) is 7.08. The van der Waals surface area contributed by atoms with Crippen LogP contribution in [0.25, 0.3) is 0 Å². The Hall–Kier alpha value is -1.62. The molecule has 3 N–H and O–H groups in total. The van der Waals surface area contributed by atoms with Gasteiger partial charge in [0.15, 0.2) is 0 Å². The van der Waals surface area contributed by atoms with Gasteiger partial charge in [-0.2, -0.15) is 0 Å². The molecule has 5 nitrogen and oxygen atoms in total. The number of urea groups is 1. The standard InChI is InChI=1S/C18H27N3O2/c1-18(2,14-5-7-19-8-6-14)11-20-17(23)21-16-13-4-3-12(9-13)15(16)10-22/h5-8,12-13,15-16,22H,3-4,9-11H2,1-2H3,(H2,20,21,23).